The predicted octanol–water partition coefficient (Wildman–Crippen LogP) is 3.13. The van der Waals surface area contributed by atoms with Crippen molar-refractivity contribution in [1.29, 1.82) is 0 Å². The topological polar surface area (TPSA) is 15.3 Å². The molecule has 106 valence electrons. The van der Waals surface area contributed by atoms with Gasteiger partial charge in [0.25, 0.3) is 0 Å². The molecule has 2 nitrogen and oxygen atoms in total. The second-order valence-corrected chi connectivity index (χ2v) is 7.04. The summed E-state index contributed by atoms with van der Waals surface area (Å²) in [5.74, 6) is 2.68. The monoisotopic (exact) mass is 252 g/mol. The van der Waals surface area contributed by atoms with Gasteiger partial charge >= 0.3 is 0 Å². The molecule has 1 aliphatic carbocycles. The van der Waals surface area contributed by atoms with E-state index in [2.05, 4.69) is 37.9 Å². The van der Waals surface area contributed by atoms with Crippen LogP contribution < -0.4 is 5.32 Å². The normalized spacial score (nSPS) is 31.8. The Kier molecular flexibility index (Phi) is 5.08. The summed E-state index contributed by atoms with van der Waals surface area (Å²) in [6, 6.07) is 1.55. The number of piperidine rings is 1. The zero-order valence-corrected chi connectivity index (χ0v) is 12.8. The van der Waals surface area contributed by atoms with Crippen molar-refractivity contribution in [2.75, 3.05) is 19.6 Å². The Labute approximate surface area is 114 Å². The lowest BCUT2D eigenvalue weighted by molar-refractivity contribution is 0.0917. The average Bonchev–Trinajstić information content (AvgIpc) is 3.19. The Morgan fingerprint density at radius 1 is 1.17 bits per heavy atom. The Balaban J connectivity index is 1.86. The molecule has 1 aliphatic heterocycles. The smallest absolute Gasteiger partial charge is 0.0198 e. The molecule has 0 aromatic rings. The summed E-state index contributed by atoms with van der Waals surface area (Å²) >= 11 is 0. The van der Waals surface area contributed by atoms with Crippen LogP contribution >= 0.6 is 0 Å². The highest BCUT2D eigenvalue weighted by atomic mass is 15.2. The number of nitrogens with one attached hydrogen (secondary N) is 1. The van der Waals surface area contributed by atoms with E-state index in [4.69, 9.17) is 0 Å². The highest BCUT2D eigenvalue weighted by molar-refractivity contribution is 4.91. The van der Waals surface area contributed by atoms with Crippen LogP contribution in [-0.2, 0) is 0 Å². The van der Waals surface area contributed by atoms with Gasteiger partial charge < -0.3 is 5.32 Å². The Hall–Kier alpha value is -0.0800. The number of rotatable bonds is 6. The van der Waals surface area contributed by atoms with Crippen LogP contribution in [0.5, 0.6) is 0 Å². The first-order chi connectivity index (χ1) is 8.60. The molecule has 2 fully saturated rings. The number of hydrogen-bond donors (Lipinski definition) is 1. The van der Waals surface area contributed by atoms with Crippen molar-refractivity contribution in [3.63, 3.8) is 0 Å². The molecule has 3 unspecified atom stereocenters. The fourth-order valence-corrected chi connectivity index (χ4v) is 3.30. The Morgan fingerprint density at radius 2 is 1.89 bits per heavy atom. The molecule has 3 atom stereocenters. The lowest BCUT2D eigenvalue weighted by Crippen LogP contribution is -2.53. The molecule has 0 spiro atoms. The molecule has 2 heteroatoms. The van der Waals surface area contributed by atoms with Crippen LogP contribution in [0.4, 0.5) is 0 Å². The molecule has 0 radical (unpaired) electrons. The van der Waals surface area contributed by atoms with Gasteiger partial charge in [-0.25, -0.2) is 0 Å². The molecule has 0 aromatic carbocycles. The van der Waals surface area contributed by atoms with Crippen LogP contribution in [-0.4, -0.2) is 36.6 Å². The molecule has 2 aliphatic rings. The van der Waals surface area contributed by atoms with E-state index in [0.29, 0.717) is 0 Å². The SMILES string of the molecule is CCC1CC(NCC(C)C)CN(C(C)C2CC2)C1. The van der Waals surface area contributed by atoms with Crippen LogP contribution in [0.15, 0.2) is 0 Å². The predicted molar refractivity (Wildman–Crippen MR) is 78.8 cm³/mol. The summed E-state index contributed by atoms with van der Waals surface area (Å²) < 4.78 is 0. The van der Waals surface area contributed by atoms with Crippen molar-refractivity contribution in [2.24, 2.45) is 17.8 Å². The molecule has 1 heterocycles. The molecule has 1 saturated heterocycles. The average molecular weight is 252 g/mol. The van der Waals surface area contributed by atoms with Crippen LogP contribution in [0.1, 0.15) is 53.4 Å². The minimum Gasteiger partial charge on any atom is -0.312 e. The van der Waals surface area contributed by atoms with Gasteiger partial charge in [-0.1, -0.05) is 27.2 Å². The van der Waals surface area contributed by atoms with Gasteiger partial charge in [0.15, 0.2) is 0 Å². The highest BCUT2D eigenvalue weighted by Gasteiger charge is 2.36. The van der Waals surface area contributed by atoms with Gasteiger partial charge in [-0.15, -0.1) is 0 Å². The fourth-order valence-electron chi connectivity index (χ4n) is 3.30. The molecule has 0 amide bonds. The number of nitrogens with zero attached hydrogens (tertiary/aromatic N) is 1. The first kappa shape index (κ1) is 14.3. The molecule has 2 rings (SSSR count). The van der Waals surface area contributed by atoms with Crippen molar-refractivity contribution >= 4 is 0 Å². The van der Waals surface area contributed by atoms with Gasteiger partial charge in [-0.05, 0) is 50.5 Å². The van der Waals surface area contributed by atoms with Crippen LogP contribution in [0.2, 0.25) is 0 Å². The summed E-state index contributed by atoms with van der Waals surface area (Å²) in [5, 5.41) is 3.79. The molecule has 0 aromatic heterocycles. The van der Waals surface area contributed by atoms with E-state index in [1.165, 1.54) is 45.3 Å². The van der Waals surface area contributed by atoms with E-state index in [1.807, 2.05) is 0 Å². The Bertz CT molecular complexity index is 247. The molecule has 1 saturated carbocycles. The summed E-state index contributed by atoms with van der Waals surface area (Å²) in [5.41, 5.74) is 0. The minimum absolute atomic E-state index is 0.729. The van der Waals surface area contributed by atoms with Gasteiger partial charge in [0, 0.05) is 25.2 Å². The third kappa shape index (κ3) is 3.96. The second-order valence-electron chi connectivity index (χ2n) is 7.04. The summed E-state index contributed by atoms with van der Waals surface area (Å²) in [4.78, 5) is 2.77. The lowest BCUT2D eigenvalue weighted by atomic mass is 9.90. The minimum atomic E-state index is 0.729. The maximum atomic E-state index is 3.79. The van der Waals surface area contributed by atoms with Gasteiger partial charge in [-0.3, -0.25) is 4.90 Å². The molecule has 0 bridgehead atoms. The first-order valence-electron chi connectivity index (χ1n) is 8.07. The summed E-state index contributed by atoms with van der Waals surface area (Å²) in [6.45, 7) is 13.2. The van der Waals surface area contributed by atoms with Crippen LogP contribution in [0.25, 0.3) is 0 Å². The van der Waals surface area contributed by atoms with E-state index >= 15 is 0 Å². The maximum absolute atomic E-state index is 3.79. The lowest BCUT2D eigenvalue weighted by Gasteiger charge is -2.41. The molecule has 18 heavy (non-hydrogen) atoms. The van der Waals surface area contributed by atoms with Crippen LogP contribution in [0.3, 0.4) is 0 Å². The van der Waals surface area contributed by atoms with E-state index in [9.17, 15) is 0 Å². The van der Waals surface area contributed by atoms with E-state index in [1.54, 1.807) is 0 Å². The van der Waals surface area contributed by atoms with Gasteiger partial charge in [0.2, 0.25) is 0 Å². The summed E-state index contributed by atoms with van der Waals surface area (Å²) in [7, 11) is 0. The maximum Gasteiger partial charge on any atom is 0.0198 e. The molecular formula is C16H32N2. The van der Waals surface area contributed by atoms with E-state index in [0.717, 1.165) is 29.8 Å². The Morgan fingerprint density at radius 3 is 2.44 bits per heavy atom. The van der Waals surface area contributed by atoms with Crippen molar-refractivity contribution in [3.8, 4) is 0 Å². The van der Waals surface area contributed by atoms with Crippen molar-refractivity contribution in [3.05, 3.63) is 0 Å². The van der Waals surface area contributed by atoms with Gasteiger partial charge in [-0.2, -0.15) is 0 Å². The third-order valence-electron chi connectivity index (χ3n) is 4.84. The number of likely N-dealkylation sites (tertiary alicyclic amines) is 1. The van der Waals surface area contributed by atoms with Crippen molar-refractivity contribution < 1.29 is 0 Å². The van der Waals surface area contributed by atoms with Crippen LogP contribution in [0, 0.1) is 17.8 Å². The number of hydrogen-bond acceptors (Lipinski definition) is 2. The first-order valence-corrected chi connectivity index (χ1v) is 8.07. The van der Waals surface area contributed by atoms with Crippen molar-refractivity contribution in [2.45, 2.75) is 65.5 Å². The second kappa shape index (κ2) is 6.38. The zero-order chi connectivity index (χ0) is 13.1. The largest absolute Gasteiger partial charge is 0.312 e. The van der Waals surface area contributed by atoms with Crippen molar-refractivity contribution in [1.82, 2.24) is 10.2 Å². The summed E-state index contributed by atoms with van der Waals surface area (Å²) in [6.07, 6.45) is 5.67. The quantitative estimate of drug-likeness (QED) is 0.781. The van der Waals surface area contributed by atoms with E-state index in [-0.39, 0.29) is 0 Å². The highest BCUT2D eigenvalue weighted by Crippen LogP contribution is 2.36. The standard InChI is InChI=1S/C16H32N2/c1-5-14-8-16(17-9-12(2)3)11-18(10-14)13(4)15-6-7-15/h12-17H,5-11H2,1-4H3. The van der Waals surface area contributed by atoms with Gasteiger partial charge in [0.1, 0.15) is 0 Å². The van der Waals surface area contributed by atoms with Gasteiger partial charge in [0.05, 0.1) is 0 Å². The fraction of sp³-hybridized carbons (Fsp3) is 1.00. The zero-order valence-electron chi connectivity index (χ0n) is 12.8. The third-order valence-corrected chi connectivity index (χ3v) is 4.84. The van der Waals surface area contributed by atoms with E-state index < -0.39 is 0 Å². The molecular weight excluding hydrogens is 220 g/mol. The molecule has 1 N–H and O–H groups in total.